The predicted octanol–water partition coefficient (Wildman–Crippen LogP) is 4.15. The van der Waals surface area contributed by atoms with Gasteiger partial charge in [-0.1, -0.05) is 6.07 Å². The van der Waals surface area contributed by atoms with Crippen LogP contribution in [0.4, 0.5) is 17.6 Å². The third kappa shape index (κ3) is 3.83. The first-order valence-electron chi connectivity index (χ1n) is 6.13. The van der Waals surface area contributed by atoms with Crippen LogP contribution in [0.2, 0.25) is 0 Å². The first-order chi connectivity index (χ1) is 9.88. The molecule has 0 spiro atoms. The summed E-state index contributed by atoms with van der Waals surface area (Å²) in [5.41, 5.74) is -0.195. The Morgan fingerprint density at radius 3 is 2.33 bits per heavy atom. The molecule has 112 valence electrons. The lowest BCUT2D eigenvalue weighted by Gasteiger charge is -2.13. The minimum atomic E-state index is -1.19. The maximum Gasteiger partial charge on any atom is 0.143 e. The second kappa shape index (κ2) is 6.58. The van der Waals surface area contributed by atoms with Gasteiger partial charge < -0.3 is 5.11 Å². The molecule has 1 N–H and O–H groups in total. The molecule has 0 aliphatic heterocycles. The summed E-state index contributed by atoms with van der Waals surface area (Å²) in [5.74, 6) is -3.11. The van der Waals surface area contributed by atoms with Crippen molar-refractivity contribution in [2.75, 3.05) is 0 Å². The molecule has 0 aliphatic rings. The van der Waals surface area contributed by atoms with E-state index < -0.39 is 29.4 Å². The lowest BCUT2D eigenvalue weighted by molar-refractivity contribution is 0.171. The highest BCUT2D eigenvalue weighted by atomic mass is 79.9. The normalized spacial score (nSPS) is 12.5. The van der Waals surface area contributed by atoms with Crippen molar-refractivity contribution in [3.8, 4) is 0 Å². The van der Waals surface area contributed by atoms with Crippen molar-refractivity contribution in [1.29, 1.82) is 0 Å². The van der Waals surface area contributed by atoms with Gasteiger partial charge in [-0.2, -0.15) is 0 Å². The van der Waals surface area contributed by atoms with Gasteiger partial charge in [0, 0.05) is 24.5 Å². The van der Waals surface area contributed by atoms with Gasteiger partial charge in [0.05, 0.1) is 10.6 Å². The van der Waals surface area contributed by atoms with E-state index in [4.69, 9.17) is 0 Å². The molecule has 0 fully saturated rings. The van der Waals surface area contributed by atoms with Gasteiger partial charge in [-0.3, -0.25) is 0 Å². The van der Waals surface area contributed by atoms with Gasteiger partial charge in [0.1, 0.15) is 23.3 Å². The third-order valence-corrected chi connectivity index (χ3v) is 3.66. The Hall–Kier alpha value is -1.40. The number of rotatable bonds is 4. The van der Waals surface area contributed by atoms with Crippen molar-refractivity contribution in [2.24, 2.45) is 0 Å². The highest BCUT2D eigenvalue weighted by Crippen LogP contribution is 2.23. The minimum absolute atomic E-state index is 0.0825. The average molecular weight is 363 g/mol. The fraction of sp³-hybridized carbons (Fsp3) is 0.200. The number of hydrogen-bond acceptors (Lipinski definition) is 1. The summed E-state index contributed by atoms with van der Waals surface area (Å²) in [4.78, 5) is 0. The monoisotopic (exact) mass is 362 g/mol. The standard InChI is InChI=1S/C15H11BrF4O/c16-12-3-4-13(18)11(15(12)20)7-10(21)5-8-1-2-9(17)6-14(8)19/h1-4,6,10,21H,5,7H2. The Kier molecular flexibility index (Phi) is 5.00. The van der Waals surface area contributed by atoms with Crippen LogP contribution in [-0.4, -0.2) is 11.2 Å². The first kappa shape index (κ1) is 16.0. The van der Waals surface area contributed by atoms with Crippen LogP contribution in [0.25, 0.3) is 0 Å². The SMILES string of the molecule is OC(Cc1ccc(F)cc1F)Cc1c(F)ccc(Br)c1F. The van der Waals surface area contributed by atoms with Crippen molar-refractivity contribution < 1.29 is 22.7 Å². The first-order valence-corrected chi connectivity index (χ1v) is 6.92. The molecule has 0 bridgehead atoms. The molecule has 0 radical (unpaired) electrons. The topological polar surface area (TPSA) is 20.2 Å². The Morgan fingerprint density at radius 2 is 1.67 bits per heavy atom. The van der Waals surface area contributed by atoms with Crippen LogP contribution >= 0.6 is 15.9 Å². The van der Waals surface area contributed by atoms with E-state index in [1.165, 1.54) is 12.1 Å². The van der Waals surface area contributed by atoms with E-state index in [0.717, 1.165) is 12.1 Å². The summed E-state index contributed by atoms with van der Waals surface area (Å²) in [5, 5.41) is 9.88. The zero-order valence-electron chi connectivity index (χ0n) is 10.7. The maximum atomic E-state index is 13.8. The van der Waals surface area contributed by atoms with Crippen LogP contribution in [0.5, 0.6) is 0 Å². The second-order valence-electron chi connectivity index (χ2n) is 4.62. The summed E-state index contributed by atoms with van der Waals surface area (Å²) < 4.78 is 53.7. The Bertz CT molecular complexity index is 660. The second-order valence-corrected chi connectivity index (χ2v) is 5.47. The van der Waals surface area contributed by atoms with Crippen molar-refractivity contribution >= 4 is 15.9 Å². The smallest absolute Gasteiger partial charge is 0.143 e. The van der Waals surface area contributed by atoms with Crippen molar-refractivity contribution in [1.82, 2.24) is 0 Å². The van der Waals surface area contributed by atoms with E-state index >= 15 is 0 Å². The molecule has 2 aromatic rings. The van der Waals surface area contributed by atoms with E-state index in [1.807, 2.05) is 0 Å². The Morgan fingerprint density at radius 1 is 0.952 bits per heavy atom. The molecule has 0 amide bonds. The summed E-state index contributed by atoms with van der Waals surface area (Å²) in [6.45, 7) is 0. The predicted molar refractivity (Wildman–Crippen MR) is 73.8 cm³/mol. The van der Waals surface area contributed by atoms with Gasteiger partial charge in [-0.15, -0.1) is 0 Å². The number of hydrogen-bond donors (Lipinski definition) is 1. The number of benzene rings is 2. The number of aliphatic hydroxyl groups excluding tert-OH is 1. The average Bonchev–Trinajstić information content (AvgIpc) is 2.42. The van der Waals surface area contributed by atoms with Crippen LogP contribution in [0, 0.1) is 23.3 Å². The van der Waals surface area contributed by atoms with Gasteiger partial charge >= 0.3 is 0 Å². The van der Waals surface area contributed by atoms with Crippen LogP contribution in [0.3, 0.4) is 0 Å². The molecule has 2 rings (SSSR count). The molecule has 0 saturated carbocycles. The van der Waals surface area contributed by atoms with Crippen LogP contribution in [0.15, 0.2) is 34.8 Å². The summed E-state index contributed by atoms with van der Waals surface area (Å²) >= 11 is 2.93. The van der Waals surface area contributed by atoms with E-state index in [1.54, 1.807) is 0 Å². The van der Waals surface area contributed by atoms with Crippen molar-refractivity contribution in [3.05, 3.63) is 69.2 Å². The highest BCUT2D eigenvalue weighted by Gasteiger charge is 2.18. The van der Waals surface area contributed by atoms with E-state index in [9.17, 15) is 22.7 Å². The van der Waals surface area contributed by atoms with Gasteiger partial charge in [-0.25, -0.2) is 17.6 Å². The largest absolute Gasteiger partial charge is 0.392 e. The van der Waals surface area contributed by atoms with E-state index in [-0.39, 0.29) is 28.4 Å². The van der Waals surface area contributed by atoms with Crippen LogP contribution in [0.1, 0.15) is 11.1 Å². The Balaban J connectivity index is 2.15. The van der Waals surface area contributed by atoms with E-state index in [0.29, 0.717) is 6.07 Å². The summed E-state index contributed by atoms with van der Waals surface area (Å²) in [6.07, 6.45) is -1.67. The summed E-state index contributed by atoms with van der Waals surface area (Å²) in [7, 11) is 0. The van der Waals surface area contributed by atoms with Gasteiger partial charge in [0.2, 0.25) is 0 Å². The zero-order valence-corrected chi connectivity index (χ0v) is 12.3. The lowest BCUT2D eigenvalue weighted by Crippen LogP contribution is -2.17. The molecule has 1 nitrogen and oxygen atoms in total. The van der Waals surface area contributed by atoms with Gasteiger partial charge in [0.15, 0.2) is 0 Å². The van der Waals surface area contributed by atoms with Gasteiger partial charge in [0.25, 0.3) is 0 Å². The maximum absolute atomic E-state index is 13.8. The number of halogens is 5. The summed E-state index contributed by atoms with van der Waals surface area (Å²) in [6, 6.07) is 5.25. The molecule has 0 saturated heterocycles. The molecule has 1 unspecified atom stereocenters. The van der Waals surface area contributed by atoms with Crippen LogP contribution < -0.4 is 0 Å². The molecule has 0 heterocycles. The fourth-order valence-electron chi connectivity index (χ4n) is 2.01. The van der Waals surface area contributed by atoms with Crippen molar-refractivity contribution in [2.45, 2.75) is 18.9 Å². The molecule has 0 aliphatic carbocycles. The van der Waals surface area contributed by atoms with Crippen molar-refractivity contribution in [3.63, 3.8) is 0 Å². The quantitative estimate of drug-likeness (QED) is 0.639. The van der Waals surface area contributed by atoms with E-state index in [2.05, 4.69) is 15.9 Å². The third-order valence-electron chi connectivity index (χ3n) is 3.05. The van der Waals surface area contributed by atoms with Crippen LogP contribution in [-0.2, 0) is 12.8 Å². The molecular weight excluding hydrogens is 352 g/mol. The Labute approximate surface area is 127 Å². The number of aliphatic hydroxyl groups is 1. The molecular formula is C15H11BrF4O. The fourth-order valence-corrected chi connectivity index (χ4v) is 2.38. The minimum Gasteiger partial charge on any atom is -0.392 e. The molecule has 6 heteroatoms. The molecule has 0 aromatic heterocycles. The molecule has 1 atom stereocenters. The van der Waals surface area contributed by atoms with Gasteiger partial charge in [-0.05, 0) is 39.7 Å². The molecule has 2 aromatic carbocycles. The highest BCUT2D eigenvalue weighted by molar-refractivity contribution is 9.10. The lowest BCUT2D eigenvalue weighted by atomic mass is 10.00. The molecule has 21 heavy (non-hydrogen) atoms. The zero-order chi connectivity index (χ0) is 15.6.